The lowest BCUT2D eigenvalue weighted by molar-refractivity contribution is -0.138. The van der Waals surface area contributed by atoms with E-state index in [1.54, 1.807) is 6.07 Å². The van der Waals surface area contributed by atoms with Crippen LogP contribution >= 0.6 is 0 Å². The van der Waals surface area contributed by atoms with Crippen LogP contribution in [0.3, 0.4) is 0 Å². The summed E-state index contributed by atoms with van der Waals surface area (Å²) >= 11 is 0. The predicted octanol–water partition coefficient (Wildman–Crippen LogP) is 1.24. The third-order valence-electron chi connectivity index (χ3n) is 3.17. The average molecular weight is 293 g/mol. The van der Waals surface area contributed by atoms with Gasteiger partial charge in [-0.3, -0.25) is 9.59 Å². The van der Waals surface area contributed by atoms with E-state index in [9.17, 15) is 14.0 Å². The zero-order valence-corrected chi connectivity index (χ0v) is 11.6. The molecule has 1 aromatic carbocycles. The minimum absolute atomic E-state index is 0.0386. The van der Waals surface area contributed by atoms with Gasteiger partial charge in [-0.2, -0.15) is 0 Å². The zero-order chi connectivity index (χ0) is 15.4. The standard InChI is InChI=1S/C14H16FN3O3/c1-18-11-3-2-9(15)8-10(11)17-12(18)6-7-16-13(19)4-5-14(20)21/h2-3,8H,4-7H2,1H3,(H,16,19)(H,20,21). The molecular formula is C14H16FN3O3. The van der Waals surface area contributed by atoms with Crippen LogP contribution in [-0.4, -0.2) is 33.1 Å². The topological polar surface area (TPSA) is 84.2 Å². The van der Waals surface area contributed by atoms with Crippen molar-refractivity contribution in [3.8, 4) is 0 Å². The Kier molecular flexibility index (Phi) is 4.52. The summed E-state index contributed by atoms with van der Waals surface area (Å²) in [5.41, 5.74) is 1.40. The molecule has 0 bridgehead atoms. The molecule has 0 saturated carbocycles. The molecule has 1 heterocycles. The minimum Gasteiger partial charge on any atom is -0.481 e. The van der Waals surface area contributed by atoms with Crippen LogP contribution in [0, 0.1) is 5.82 Å². The van der Waals surface area contributed by atoms with Crippen LogP contribution in [-0.2, 0) is 23.1 Å². The maximum Gasteiger partial charge on any atom is 0.303 e. The van der Waals surface area contributed by atoms with E-state index in [-0.39, 0.29) is 24.6 Å². The summed E-state index contributed by atoms with van der Waals surface area (Å²) in [6.45, 7) is 0.359. The van der Waals surface area contributed by atoms with E-state index < -0.39 is 5.97 Å². The quantitative estimate of drug-likeness (QED) is 0.839. The maximum atomic E-state index is 13.1. The number of carboxylic acids is 1. The highest BCUT2D eigenvalue weighted by Gasteiger charge is 2.09. The Morgan fingerprint density at radius 3 is 2.86 bits per heavy atom. The van der Waals surface area contributed by atoms with Crippen LogP contribution in [0.25, 0.3) is 11.0 Å². The van der Waals surface area contributed by atoms with Crippen LogP contribution in [0.4, 0.5) is 4.39 Å². The first-order valence-electron chi connectivity index (χ1n) is 6.56. The molecule has 1 amide bonds. The Morgan fingerprint density at radius 2 is 2.14 bits per heavy atom. The number of carbonyl (C=O) groups is 2. The van der Waals surface area contributed by atoms with Gasteiger partial charge in [-0.05, 0) is 12.1 Å². The number of nitrogens with one attached hydrogen (secondary N) is 1. The molecule has 0 spiro atoms. The average Bonchev–Trinajstić information content (AvgIpc) is 2.72. The summed E-state index contributed by atoms with van der Waals surface area (Å²) in [6.07, 6.45) is 0.270. The molecule has 21 heavy (non-hydrogen) atoms. The fraction of sp³-hybridized carbons (Fsp3) is 0.357. The van der Waals surface area contributed by atoms with E-state index in [2.05, 4.69) is 10.3 Å². The molecule has 0 aliphatic rings. The first kappa shape index (κ1) is 15.0. The van der Waals surface area contributed by atoms with E-state index in [4.69, 9.17) is 5.11 Å². The molecule has 0 unspecified atom stereocenters. The Balaban J connectivity index is 1.93. The molecule has 1 aromatic heterocycles. The monoisotopic (exact) mass is 293 g/mol. The van der Waals surface area contributed by atoms with Crippen molar-refractivity contribution in [2.24, 2.45) is 7.05 Å². The van der Waals surface area contributed by atoms with Gasteiger partial charge in [0.05, 0.1) is 17.5 Å². The van der Waals surface area contributed by atoms with Gasteiger partial charge in [0.1, 0.15) is 11.6 Å². The molecule has 112 valence electrons. The van der Waals surface area contributed by atoms with Crippen molar-refractivity contribution in [2.75, 3.05) is 6.54 Å². The summed E-state index contributed by atoms with van der Waals surface area (Å²) < 4.78 is 15.0. The maximum absolute atomic E-state index is 13.1. The fourth-order valence-electron chi connectivity index (χ4n) is 2.07. The molecular weight excluding hydrogens is 277 g/mol. The van der Waals surface area contributed by atoms with E-state index in [0.29, 0.717) is 18.5 Å². The van der Waals surface area contributed by atoms with Crippen molar-refractivity contribution in [1.29, 1.82) is 0 Å². The first-order chi connectivity index (χ1) is 9.97. The summed E-state index contributed by atoms with van der Waals surface area (Å²) in [5, 5.41) is 11.1. The lowest BCUT2D eigenvalue weighted by Crippen LogP contribution is -2.26. The molecule has 0 fully saturated rings. The number of aryl methyl sites for hydroxylation is 1. The van der Waals surface area contributed by atoms with Crippen LogP contribution in [0.2, 0.25) is 0 Å². The first-order valence-corrected chi connectivity index (χ1v) is 6.56. The van der Waals surface area contributed by atoms with Crippen molar-refractivity contribution in [2.45, 2.75) is 19.3 Å². The molecule has 2 rings (SSSR count). The van der Waals surface area contributed by atoms with Gasteiger partial charge in [-0.1, -0.05) is 0 Å². The number of fused-ring (bicyclic) bond motifs is 1. The largest absolute Gasteiger partial charge is 0.481 e. The van der Waals surface area contributed by atoms with Gasteiger partial charge in [0, 0.05) is 32.5 Å². The van der Waals surface area contributed by atoms with Gasteiger partial charge in [-0.15, -0.1) is 0 Å². The number of aromatic nitrogens is 2. The van der Waals surface area contributed by atoms with E-state index in [1.807, 2.05) is 11.6 Å². The van der Waals surface area contributed by atoms with Gasteiger partial charge < -0.3 is 15.0 Å². The van der Waals surface area contributed by atoms with E-state index >= 15 is 0 Å². The number of hydrogen-bond donors (Lipinski definition) is 2. The lowest BCUT2D eigenvalue weighted by Gasteiger charge is -2.04. The number of halogens is 1. The summed E-state index contributed by atoms with van der Waals surface area (Å²) in [6, 6.07) is 4.40. The van der Waals surface area contributed by atoms with Crippen LogP contribution < -0.4 is 5.32 Å². The van der Waals surface area contributed by atoms with Crippen LogP contribution in [0.5, 0.6) is 0 Å². The summed E-state index contributed by atoms with van der Waals surface area (Å²) in [4.78, 5) is 26.1. The molecule has 0 radical (unpaired) electrons. The Hall–Kier alpha value is -2.44. The second-order valence-corrected chi connectivity index (χ2v) is 4.71. The van der Waals surface area contributed by atoms with E-state index in [1.165, 1.54) is 12.1 Å². The van der Waals surface area contributed by atoms with Gasteiger partial charge in [0.2, 0.25) is 5.91 Å². The third-order valence-corrected chi connectivity index (χ3v) is 3.17. The Bertz CT molecular complexity index is 681. The second kappa shape index (κ2) is 6.34. The zero-order valence-electron chi connectivity index (χ0n) is 11.6. The molecule has 0 aliphatic heterocycles. The fourth-order valence-corrected chi connectivity index (χ4v) is 2.07. The second-order valence-electron chi connectivity index (χ2n) is 4.71. The smallest absolute Gasteiger partial charge is 0.303 e. The molecule has 2 aromatic rings. The van der Waals surface area contributed by atoms with E-state index in [0.717, 1.165) is 11.3 Å². The van der Waals surface area contributed by atoms with Crippen molar-refractivity contribution in [3.63, 3.8) is 0 Å². The van der Waals surface area contributed by atoms with Crippen LogP contribution in [0.15, 0.2) is 18.2 Å². The number of nitrogens with zero attached hydrogens (tertiary/aromatic N) is 2. The lowest BCUT2D eigenvalue weighted by atomic mass is 10.3. The van der Waals surface area contributed by atoms with Gasteiger partial charge in [-0.25, -0.2) is 9.37 Å². The van der Waals surface area contributed by atoms with Crippen molar-refractivity contribution >= 4 is 22.9 Å². The number of hydrogen-bond acceptors (Lipinski definition) is 3. The summed E-state index contributed by atoms with van der Waals surface area (Å²) in [5.74, 6) is -0.909. The molecule has 2 N–H and O–H groups in total. The molecule has 0 saturated heterocycles. The van der Waals surface area contributed by atoms with Gasteiger partial charge in [0.15, 0.2) is 0 Å². The van der Waals surface area contributed by atoms with Crippen LogP contribution in [0.1, 0.15) is 18.7 Å². The van der Waals surface area contributed by atoms with Gasteiger partial charge in [0.25, 0.3) is 0 Å². The Morgan fingerprint density at radius 1 is 1.38 bits per heavy atom. The molecule has 0 aliphatic carbocycles. The number of imidazole rings is 1. The van der Waals surface area contributed by atoms with Crippen molar-refractivity contribution < 1.29 is 19.1 Å². The minimum atomic E-state index is -0.998. The van der Waals surface area contributed by atoms with Crippen molar-refractivity contribution in [3.05, 3.63) is 29.8 Å². The number of carbonyl (C=O) groups excluding carboxylic acids is 1. The van der Waals surface area contributed by atoms with Crippen molar-refractivity contribution in [1.82, 2.24) is 14.9 Å². The SMILES string of the molecule is Cn1c(CCNC(=O)CCC(=O)O)nc2cc(F)ccc21. The number of rotatable bonds is 6. The third kappa shape index (κ3) is 3.77. The normalized spacial score (nSPS) is 10.8. The summed E-state index contributed by atoms with van der Waals surface area (Å²) in [7, 11) is 1.83. The van der Waals surface area contributed by atoms with Gasteiger partial charge >= 0.3 is 5.97 Å². The highest BCUT2D eigenvalue weighted by Crippen LogP contribution is 2.16. The number of aliphatic carboxylic acids is 1. The Labute approximate surface area is 120 Å². The molecule has 0 atom stereocenters. The number of benzene rings is 1. The molecule has 6 nitrogen and oxygen atoms in total. The number of carboxylic acid groups (broad SMARTS) is 1. The highest BCUT2D eigenvalue weighted by molar-refractivity contribution is 5.80. The number of amides is 1. The predicted molar refractivity (Wildman–Crippen MR) is 74.3 cm³/mol. The molecule has 7 heteroatoms. The highest BCUT2D eigenvalue weighted by atomic mass is 19.1.